The maximum atomic E-state index is 13.5. The van der Waals surface area contributed by atoms with Crippen LogP contribution in [0.3, 0.4) is 0 Å². The summed E-state index contributed by atoms with van der Waals surface area (Å²) in [4.78, 5) is 27.6. The minimum atomic E-state index is -4.84. The summed E-state index contributed by atoms with van der Waals surface area (Å²) in [5.41, 5.74) is -1.58. The lowest BCUT2D eigenvalue weighted by atomic mass is 10.1. The summed E-state index contributed by atoms with van der Waals surface area (Å²) in [6, 6.07) is 8.52. The van der Waals surface area contributed by atoms with Crippen LogP contribution in [0.15, 0.2) is 46.9 Å². The number of alkyl halides is 3. The Balaban J connectivity index is 2.50. The molecular weight excluding hydrogens is 599 g/mol. The fourth-order valence-electron chi connectivity index (χ4n) is 3.39. The van der Waals surface area contributed by atoms with Crippen molar-refractivity contribution < 1.29 is 31.2 Å². The summed E-state index contributed by atoms with van der Waals surface area (Å²) in [5, 5.41) is 2.17. The Morgan fingerprint density at radius 3 is 2.24 bits per heavy atom. The van der Waals surface area contributed by atoms with Crippen LogP contribution in [-0.4, -0.2) is 49.5 Å². The molecule has 2 aromatic rings. The van der Waals surface area contributed by atoms with Gasteiger partial charge in [0.1, 0.15) is 12.6 Å². The minimum absolute atomic E-state index is 0.0526. The molecule has 0 heterocycles. The highest BCUT2D eigenvalue weighted by molar-refractivity contribution is 9.10. The molecule has 0 fully saturated rings. The van der Waals surface area contributed by atoms with Crippen LogP contribution in [0.25, 0.3) is 0 Å². The van der Waals surface area contributed by atoms with Gasteiger partial charge in [0.2, 0.25) is 21.8 Å². The molecule has 13 heteroatoms. The topological polar surface area (TPSA) is 86.8 Å². The van der Waals surface area contributed by atoms with Crippen LogP contribution >= 0.6 is 27.5 Å². The molecule has 2 rings (SSSR count). The van der Waals surface area contributed by atoms with E-state index in [2.05, 4.69) is 21.2 Å². The number of nitrogens with zero attached hydrogens (tertiary/aromatic N) is 2. The van der Waals surface area contributed by atoms with Crippen molar-refractivity contribution in [1.82, 2.24) is 10.2 Å². The van der Waals surface area contributed by atoms with Gasteiger partial charge in [0.05, 0.1) is 22.5 Å². The second-order valence-electron chi connectivity index (χ2n) is 9.50. The summed E-state index contributed by atoms with van der Waals surface area (Å²) in [7, 11) is -4.21. The molecule has 0 radical (unpaired) electrons. The van der Waals surface area contributed by atoms with Gasteiger partial charge in [0, 0.05) is 16.6 Å². The first-order valence-electron chi connectivity index (χ1n) is 11.0. The van der Waals surface area contributed by atoms with E-state index in [-0.39, 0.29) is 12.2 Å². The van der Waals surface area contributed by atoms with Gasteiger partial charge < -0.3 is 10.2 Å². The van der Waals surface area contributed by atoms with Crippen molar-refractivity contribution in [2.24, 2.45) is 0 Å². The smallest absolute Gasteiger partial charge is 0.350 e. The average Bonchev–Trinajstić information content (AvgIpc) is 2.73. The molecule has 1 N–H and O–H groups in total. The zero-order chi connectivity index (χ0) is 28.3. The van der Waals surface area contributed by atoms with E-state index < -0.39 is 56.7 Å². The van der Waals surface area contributed by atoms with E-state index in [4.69, 9.17) is 11.6 Å². The van der Waals surface area contributed by atoms with Crippen LogP contribution in [0.2, 0.25) is 5.02 Å². The molecule has 2 amide bonds. The molecule has 0 saturated heterocycles. The first-order chi connectivity index (χ1) is 16.8. The van der Waals surface area contributed by atoms with Gasteiger partial charge in [-0.1, -0.05) is 39.7 Å². The van der Waals surface area contributed by atoms with Gasteiger partial charge in [-0.15, -0.1) is 0 Å². The molecular formula is C24H28BrClF3N3O4S. The number of hydrogen-bond acceptors (Lipinski definition) is 4. The quantitative estimate of drug-likeness (QED) is 0.436. The second-order valence-corrected chi connectivity index (χ2v) is 12.7. The lowest BCUT2D eigenvalue weighted by molar-refractivity contribution is -0.140. The molecule has 1 atom stereocenters. The van der Waals surface area contributed by atoms with E-state index in [9.17, 15) is 31.2 Å². The zero-order valence-corrected chi connectivity index (χ0v) is 24.0. The van der Waals surface area contributed by atoms with Crippen molar-refractivity contribution in [3.05, 3.63) is 63.1 Å². The van der Waals surface area contributed by atoms with Crippen LogP contribution < -0.4 is 9.62 Å². The molecule has 0 bridgehead atoms. The zero-order valence-electron chi connectivity index (χ0n) is 20.9. The molecule has 0 spiro atoms. The van der Waals surface area contributed by atoms with Gasteiger partial charge in [-0.3, -0.25) is 13.9 Å². The fourth-order valence-corrected chi connectivity index (χ4v) is 4.90. The summed E-state index contributed by atoms with van der Waals surface area (Å²) in [6.45, 7) is 5.90. The predicted molar refractivity (Wildman–Crippen MR) is 141 cm³/mol. The SMILES string of the molecule is CC(C(=O)NC(C)(C)C)N(Cc1cccc(Br)c1)C(=O)CN(c1ccc(Cl)c(C(F)(F)F)c1)S(C)(=O)=O. The standard InChI is InChI=1S/C24H28BrClF3N3O4S/c1-15(22(34)30-23(2,3)4)31(13-16-7-6-8-17(25)11-16)21(33)14-32(37(5,35)36)18-9-10-20(26)19(12-18)24(27,28)29/h6-12,15H,13-14H2,1-5H3,(H,30,34). The van der Waals surface area contributed by atoms with Crippen molar-refractivity contribution in [2.45, 2.75) is 52.0 Å². The van der Waals surface area contributed by atoms with E-state index in [0.717, 1.165) is 22.9 Å². The van der Waals surface area contributed by atoms with Gasteiger partial charge in [0.15, 0.2) is 0 Å². The van der Waals surface area contributed by atoms with Crippen molar-refractivity contribution >= 4 is 55.1 Å². The Labute approximate surface area is 228 Å². The molecule has 0 aliphatic carbocycles. The van der Waals surface area contributed by atoms with E-state index >= 15 is 0 Å². The molecule has 0 aliphatic heterocycles. The Morgan fingerprint density at radius 1 is 1.11 bits per heavy atom. The maximum absolute atomic E-state index is 13.5. The van der Waals surface area contributed by atoms with Crippen molar-refractivity contribution in [3.8, 4) is 0 Å². The van der Waals surface area contributed by atoms with Gasteiger partial charge in [-0.25, -0.2) is 8.42 Å². The number of benzene rings is 2. The number of halogens is 5. The van der Waals surface area contributed by atoms with E-state index in [1.807, 2.05) is 0 Å². The van der Waals surface area contributed by atoms with Gasteiger partial charge >= 0.3 is 6.18 Å². The average molecular weight is 627 g/mol. The van der Waals surface area contributed by atoms with Crippen LogP contribution in [0.1, 0.15) is 38.8 Å². The Morgan fingerprint density at radius 2 is 1.73 bits per heavy atom. The van der Waals surface area contributed by atoms with Crippen molar-refractivity contribution in [2.75, 3.05) is 17.1 Å². The first-order valence-corrected chi connectivity index (χ1v) is 14.0. The van der Waals surface area contributed by atoms with Crippen LogP contribution in [0.4, 0.5) is 18.9 Å². The number of sulfonamides is 1. The number of amides is 2. The summed E-state index contributed by atoms with van der Waals surface area (Å²) in [6.07, 6.45) is -4.07. The van der Waals surface area contributed by atoms with E-state index in [0.29, 0.717) is 15.9 Å². The largest absolute Gasteiger partial charge is 0.417 e. The van der Waals surface area contributed by atoms with Gasteiger partial charge in [-0.05, 0) is 63.6 Å². The fraction of sp³-hybridized carbons (Fsp3) is 0.417. The third-order valence-corrected chi connectivity index (χ3v) is 7.09. The molecule has 2 aromatic carbocycles. The number of rotatable bonds is 8. The van der Waals surface area contributed by atoms with Gasteiger partial charge in [-0.2, -0.15) is 13.2 Å². The predicted octanol–water partition coefficient (Wildman–Crippen LogP) is 5.22. The van der Waals surface area contributed by atoms with Gasteiger partial charge in [0.25, 0.3) is 0 Å². The Bertz CT molecular complexity index is 1270. The normalized spacial score (nSPS) is 13.1. The molecule has 0 aromatic heterocycles. The van der Waals surface area contributed by atoms with E-state index in [1.54, 1.807) is 45.0 Å². The molecule has 7 nitrogen and oxygen atoms in total. The number of carbonyl (C=O) groups is 2. The minimum Gasteiger partial charge on any atom is -0.350 e. The summed E-state index contributed by atoms with van der Waals surface area (Å²) in [5.74, 6) is -1.27. The van der Waals surface area contributed by atoms with Crippen LogP contribution in [0, 0.1) is 0 Å². The molecule has 204 valence electrons. The summed E-state index contributed by atoms with van der Waals surface area (Å²) >= 11 is 9.02. The van der Waals surface area contributed by atoms with Crippen LogP contribution in [-0.2, 0) is 32.3 Å². The third-order valence-electron chi connectivity index (χ3n) is 5.13. The highest BCUT2D eigenvalue weighted by Crippen LogP contribution is 2.37. The number of nitrogens with one attached hydrogen (secondary N) is 1. The lowest BCUT2D eigenvalue weighted by Crippen LogP contribution is -2.54. The number of carbonyl (C=O) groups excluding carboxylic acids is 2. The third kappa shape index (κ3) is 8.89. The first kappa shape index (κ1) is 30.9. The van der Waals surface area contributed by atoms with Crippen molar-refractivity contribution in [1.29, 1.82) is 0 Å². The monoisotopic (exact) mass is 625 g/mol. The summed E-state index contributed by atoms with van der Waals surface area (Å²) < 4.78 is 66.7. The molecule has 0 saturated carbocycles. The number of hydrogen-bond donors (Lipinski definition) is 1. The lowest BCUT2D eigenvalue weighted by Gasteiger charge is -2.33. The molecule has 37 heavy (non-hydrogen) atoms. The highest BCUT2D eigenvalue weighted by atomic mass is 79.9. The molecule has 1 unspecified atom stereocenters. The maximum Gasteiger partial charge on any atom is 0.417 e. The van der Waals surface area contributed by atoms with E-state index in [1.165, 1.54) is 11.8 Å². The Hall–Kier alpha value is -2.31. The van der Waals surface area contributed by atoms with Crippen LogP contribution in [0.5, 0.6) is 0 Å². The highest BCUT2D eigenvalue weighted by Gasteiger charge is 2.36. The Kier molecular flexibility index (Phi) is 9.70. The molecule has 0 aliphatic rings. The second kappa shape index (κ2) is 11.6. The van der Waals surface area contributed by atoms with Crippen molar-refractivity contribution in [3.63, 3.8) is 0 Å². The number of anilines is 1.